The molecule has 2 saturated heterocycles. The van der Waals surface area contributed by atoms with Crippen molar-refractivity contribution >= 4 is 29.0 Å². The predicted molar refractivity (Wildman–Crippen MR) is 117 cm³/mol. The lowest BCUT2D eigenvalue weighted by Crippen LogP contribution is -2.48. The SMILES string of the molecule is C=CCN(C)c1cc(Cl)nnc1C(=C)C1C[C@H]2CC[C@@H](C1)N2C(=O)OC(C)(C)C. The third kappa shape index (κ3) is 4.74. The van der Waals surface area contributed by atoms with Gasteiger partial charge in [0.15, 0.2) is 5.15 Å². The van der Waals surface area contributed by atoms with E-state index in [2.05, 4.69) is 23.4 Å². The largest absolute Gasteiger partial charge is 0.444 e. The van der Waals surface area contributed by atoms with E-state index in [-0.39, 0.29) is 24.1 Å². The highest BCUT2D eigenvalue weighted by Gasteiger charge is 2.45. The number of hydrogen-bond donors (Lipinski definition) is 0. The van der Waals surface area contributed by atoms with Gasteiger partial charge in [-0.3, -0.25) is 0 Å². The van der Waals surface area contributed by atoms with Gasteiger partial charge in [-0.2, -0.15) is 0 Å². The van der Waals surface area contributed by atoms with Crippen molar-refractivity contribution in [3.05, 3.63) is 36.1 Å². The number of allylic oxidation sites excluding steroid dienone is 1. The van der Waals surface area contributed by atoms with E-state index in [4.69, 9.17) is 16.3 Å². The van der Waals surface area contributed by atoms with E-state index in [1.807, 2.05) is 49.8 Å². The minimum absolute atomic E-state index is 0.181. The zero-order chi connectivity index (χ0) is 21.3. The highest BCUT2D eigenvalue weighted by atomic mass is 35.5. The highest BCUT2D eigenvalue weighted by Crippen LogP contribution is 2.44. The summed E-state index contributed by atoms with van der Waals surface area (Å²) in [5.74, 6) is 0.248. The van der Waals surface area contributed by atoms with Gasteiger partial charge in [0, 0.05) is 31.7 Å². The van der Waals surface area contributed by atoms with E-state index in [1.54, 1.807) is 0 Å². The third-order valence-electron chi connectivity index (χ3n) is 5.69. The molecular weight excluding hydrogens is 388 g/mol. The van der Waals surface area contributed by atoms with Gasteiger partial charge in [0.1, 0.15) is 11.3 Å². The molecule has 1 unspecified atom stereocenters. The Kier molecular flexibility index (Phi) is 6.22. The second-order valence-corrected chi connectivity index (χ2v) is 9.42. The summed E-state index contributed by atoms with van der Waals surface area (Å²) in [6, 6.07) is 2.18. The third-order valence-corrected chi connectivity index (χ3v) is 5.88. The molecular formula is C22H31ClN4O2. The van der Waals surface area contributed by atoms with Crippen LogP contribution in [0.5, 0.6) is 0 Å². The number of rotatable bonds is 5. The number of likely N-dealkylation sites (N-methyl/N-ethyl adjacent to an activating group) is 1. The van der Waals surface area contributed by atoms with Crippen molar-refractivity contribution in [3.63, 3.8) is 0 Å². The van der Waals surface area contributed by atoms with Gasteiger partial charge in [0.25, 0.3) is 0 Å². The molecule has 158 valence electrons. The molecule has 0 aromatic carbocycles. The first-order chi connectivity index (χ1) is 13.6. The van der Waals surface area contributed by atoms with Crippen molar-refractivity contribution in [1.82, 2.24) is 15.1 Å². The molecule has 0 aliphatic carbocycles. The fraction of sp³-hybridized carbons (Fsp3) is 0.591. The average molecular weight is 419 g/mol. The Labute approximate surface area is 178 Å². The Hall–Kier alpha value is -2.08. The number of aromatic nitrogens is 2. The van der Waals surface area contributed by atoms with Crippen molar-refractivity contribution < 1.29 is 9.53 Å². The van der Waals surface area contributed by atoms with Crippen molar-refractivity contribution in [3.8, 4) is 0 Å². The first kappa shape index (κ1) is 21.6. The Balaban J connectivity index is 1.78. The summed E-state index contributed by atoms with van der Waals surface area (Å²) >= 11 is 6.10. The van der Waals surface area contributed by atoms with Crippen molar-refractivity contribution in [2.75, 3.05) is 18.5 Å². The van der Waals surface area contributed by atoms with E-state index in [9.17, 15) is 4.79 Å². The lowest BCUT2D eigenvalue weighted by Gasteiger charge is -2.40. The van der Waals surface area contributed by atoms with Gasteiger partial charge in [-0.25, -0.2) is 4.79 Å². The molecule has 0 N–H and O–H groups in total. The molecule has 1 aromatic rings. The molecule has 0 radical (unpaired) electrons. The number of nitrogens with zero attached hydrogens (tertiary/aromatic N) is 4. The Morgan fingerprint density at radius 2 is 1.97 bits per heavy atom. The summed E-state index contributed by atoms with van der Waals surface area (Å²) in [6.07, 6.45) is 5.37. The zero-order valence-electron chi connectivity index (χ0n) is 17.8. The predicted octanol–water partition coefficient (Wildman–Crippen LogP) is 4.94. The van der Waals surface area contributed by atoms with E-state index in [1.165, 1.54) is 0 Å². The molecule has 2 fully saturated rings. The molecule has 1 aromatic heterocycles. The van der Waals surface area contributed by atoms with Gasteiger partial charge in [-0.1, -0.05) is 24.3 Å². The van der Waals surface area contributed by atoms with Crippen LogP contribution >= 0.6 is 11.6 Å². The number of halogens is 1. The molecule has 2 aliphatic heterocycles. The molecule has 1 amide bonds. The second kappa shape index (κ2) is 8.34. The van der Waals surface area contributed by atoms with Crippen LogP contribution in [0.2, 0.25) is 5.15 Å². The fourth-order valence-electron chi connectivity index (χ4n) is 4.44. The maximum absolute atomic E-state index is 12.7. The molecule has 2 bridgehead atoms. The normalized spacial score (nSPS) is 23.6. The molecule has 7 heteroatoms. The number of hydrogen-bond acceptors (Lipinski definition) is 5. The summed E-state index contributed by atoms with van der Waals surface area (Å²) in [7, 11) is 1.97. The summed E-state index contributed by atoms with van der Waals surface area (Å²) in [4.78, 5) is 16.7. The molecule has 3 rings (SSSR count). The molecule has 0 spiro atoms. The van der Waals surface area contributed by atoms with E-state index < -0.39 is 5.60 Å². The molecule has 6 nitrogen and oxygen atoms in total. The van der Waals surface area contributed by atoms with E-state index in [0.717, 1.165) is 42.6 Å². The standard InChI is InChI=1S/C22H31ClN4O2/c1-7-10-26(6)18-13-19(23)24-25-20(18)14(2)15-11-16-8-9-17(12-15)27(16)21(28)29-22(3,4)5/h7,13,15-17H,1-2,8-12H2,3-6H3/t15?,16-,17+. The average Bonchev–Trinajstić information content (AvgIpc) is 2.90. The first-order valence-corrected chi connectivity index (χ1v) is 10.5. The Bertz CT molecular complexity index is 790. The number of fused-ring (bicyclic) bond motifs is 2. The topological polar surface area (TPSA) is 58.6 Å². The van der Waals surface area contributed by atoms with Crippen LogP contribution < -0.4 is 4.90 Å². The van der Waals surface area contributed by atoms with Crippen LogP contribution in [-0.4, -0.2) is 52.5 Å². The summed E-state index contributed by atoms with van der Waals surface area (Å²) < 4.78 is 5.64. The molecule has 3 heterocycles. The van der Waals surface area contributed by atoms with Crippen LogP contribution in [-0.2, 0) is 4.74 Å². The van der Waals surface area contributed by atoms with Gasteiger partial charge in [0.2, 0.25) is 0 Å². The first-order valence-electron chi connectivity index (χ1n) is 10.2. The lowest BCUT2D eigenvalue weighted by molar-refractivity contribution is 0.00492. The fourth-order valence-corrected chi connectivity index (χ4v) is 4.58. The zero-order valence-corrected chi connectivity index (χ0v) is 18.6. The van der Waals surface area contributed by atoms with Crippen LogP contribution in [0.1, 0.15) is 52.1 Å². The Morgan fingerprint density at radius 1 is 1.34 bits per heavy atom. The van der Waals surface area contributed by atoms with Crippen LogP contribution in [0.25, 0.3) is 5.57 Å². The number of anilines is 1. The van der Waals surface area contributed by atoms with Gasteiger partial charge in [-0.15, -0.1) is 16.8 Å². The number of carbonyl (C=O) groups excluding carboxylic acids is 1. The van der Waals surface area contributed by atoms with Crippen molar-refractivity contribution in [1.29, 1.82) is 0 Å². The number of amides is 1. The van der Waals surface area contributed by atoms with Crippen LogP contribution in [0.15, 0.2) is 25.3 Å². The summed E-state index contributed by atoms with van der Waals surface area (Å²) in [5.41, 5.74) is 2.15. The number of ether oxygens (including phenoxy) is 1. The Morgan fingerprint density at radius 3 is 2.52 bits per heavy atom. The number of carbonyl (C=O) groups is 1. The summed E-state index contributed by atoms with van der Waals surface area (Å²) in [5, 5.41) is 8.77. The second-order valence-electron chi connectivity index (χ2n) is 9.04. The van der Waals surface area contributed by atoms with Crippen molar-refractivity contribution in [2.24, 2.45) is 5.92 Å². The molecule has 29 heavy (non-hydrogen) atoms. The maximum atomic E-state index is 12.7. The van der Waals surface area contributed by atoms with Gasteiger partial charge < -0.3 is 14.5 Å². The van der Waals surface area contributed by atoms with E-state index in [0.29, 0.717) is 11.7 Å². The lowest BCUT2D eigenvalue weighted by atomic mass is 9.83. The van der Waals surface area contributed by atoms with Crippen LogP contribution in [0, 0.1) is 5.92 Å². The van der Waals surface area contributed by atoms with Crippen LogP contribution in [0.4, 0.5) is 10.5 Å². The van der Waals surface area contributed by atoms with Crippen LogP contribution in [0.3, 0.4) is 0 Å². The van der Waals surface area contributed by atoms with Gasteiger partial charge in [0.05, 0.1) is 5.69 Å². The quantitative estimate of drug-likeness (QED) is 0.633. The molecule has 2 aliphatic rings. The minimum atomic E-state index is -0.486. The summed E-state index contributed by atoms with van der Waals surface area (Å²) in [6.45, 7) is 14.6. The van der Waals surface area contributed by atoms with Gasteiger partial charge in [-0.05, 0) is 57.9 Å². The number of piperidine rings is 1. The van der Waals surface area contributed by atoms with Crippen molar-refractivity contribution in [2.45, 2.75) is 64.1 Å². The monoisotopic (exact) mass is 418 g/mol. The highest BCUT2D eigenvalue weighted by molar-refractivity contribution is 6.29. The minimum Gasteiger partial charge on any atom is -0.444 e. The molecule has 0 saturated carbocycles. The van der Waals surface area contributed by atoms with Gasteiger partial charge >= 0.3 is 6.09 Å². The molecule has 3 atom stereocenters. The van der Waals surface area contributed by atoms with E-state index >= 15 is 0 Å². The maximum Gasteiger partial charge on any atom is 0.410 e. The smallest absolute Gasteiger partial charge is 0.410 e.